The summed E-state index contributed by atoms with van der Waals surface area (Å²) in [4.78, 5) is 27.1. The third-order valence-electron chi connectivity index (χ3n) is 3.56. The van der Waals surface area contributed by atoms with E-state index in [1.54, 1.807) is 0 Å². The summed E-state index contributed by atoms with van der Waals surface area (Å²) in [5.74, 6) is 1.08. The first kappa shape index (κ1) is 16.8. The van der Waals surface area contributed by atoms with E-state index in [0.29, 0.717) is 28.5 Å². The number of pyridine rings is 1. The molecule has 0 radical (unpaired) electrons. The predicted octanol–water partition coefficient (Wildman–Crippen LogP) is 0.824. The highest BCUT2D eigenvalue weighted by Crippen LogP contribution is 2.38. The first-order valence-corrected chi connectivity index (χ1v) is 7.43. The summed E-state index contributed by atoms with van der Waals surface area (Å²) < 4.78 is 17.2. The van der Waals surface area contributed by atoms with Crippen LogP contribution in [0.2, 0.25) is 5.15 Å². The van der Waals surface area contributed by atoms with Gasteiger partial charge in [0.1, 0.15) is 11.2 Å². The maximum atomic E-state index is 12.3. The molecule has 0 unspecified atom stereocenters. The number of halogens is 1. The van der Waals surface area contributed by atoms with Crippen molar-refractivity contribution in [1.29, 1.82) is 0 Å². The van der Waals surface area contributed by atoms with Crippen LogP contribution >= 0.6 is 11.6 Å². The Labute approximate surface area is 146 Å². The highest BCUT2D eigenvalue weighted by atomic mass is 35.5. The van der Waals surface area contributed by atoms with Crippen LogP contribution in [0.25, 0.3) is 11.2 Å². The monoisotopic (exact) mass is 366 g/mol. The molecule has 25 heavy (non-hydrogen) atoms. The molecule has 3 N–H and O–H groups in total. The number of ether oxygens (including phenoxy) is 3. The molecule has 0 aliphatic carbocycles. The minimum absolute atomic E-state index is 0.0440. The molecule has 0 atom stereocenters. The fourth-order valence-corrected chi connectivity index (χ4v) is 2.68. The highest BCUT2D eigenvalue weighted by Gasteiger charge is 2.20. The van der Waals surface area contributed by atoms with Crippen molar-refractivity contribution < 1.29 is 14.2 Å². The van der Waals surface area contributed by atoms with Gasteiger partial charge in [-0.2, -0.15) is 9.97 Å². The lowest BCUT2D eigenvalue weighted by Gasteiger charge is -2.15. The quantitative estimate of drug-likeness (QED) is 0.635. The number of aromatic nitrogens is 5. The van der Waals surface area contributed by atoms with Crippen LogP contribution in [0, 0.1) is 0 Å². The molecule has 3 rings (SSSR count). The van der Waals surface area contributed by atoms with Crippen molar-refractivity contribution in [2.75, 3.05) is 27.1 Å². The summed E-state index contributed by atoms with van der Waals surface area (Å²) in [5, 5.41) is 0.0607. The number of nitrogens with zero attached hydrogens (tertiary/aromatic N) is 4. The first-order valence-electron chi connectivity index (χ1n) is 7.05. The zero-order valence-corrected chi connectivity index (χ0v) is 14.4. The summed E-state index contributed by atoms with van der Waals surface area (Å²) in [5.41, 5.74) is 6.19. The van der Waals surface area contributed by atoms with E-state index in [9.17, 15) is 4.79 Å². The highest BCUT2D eigenvalue weighted by molar-refractivity contribution is 6.33. The minimum atomic E-state index is -0.435. The van der Waals surface area contributed by atoms with Crippen molar-refractivity contribution in [3.8, 4) is 17.2 Å². The summed E-state index contributed by atoms with van der Waals surface area (Å²) in [6, 6.07) is 0. The molecule has 132 valence electrons. The van der Waals surface area contributed by atoms with Gasteiger partial charge in [0.05, 0.1) is 34.1 Å². The van der Waals surface area contributed by atoms with Gasteiger partial charge in [0.2, 0.25) is 11.7 Å². The number of rotatable bonds is 5. The van der Waals surface area contributed by atoms with Crippen LogP contribution < -0.4 is 25.6 Å². The zero-order valence-electron chi connectivity index (χ0n) is 13.7. The molecule has 3 aromatic heterocycles. The Bertz CT molecular complexity index is 999. The number of hydrogen-bond acceptors (Lipinski definition) is 8. The lowest BCUT2D eigenvalue weighted by molar-refractivity contribution is 0.318. The topological polar surface area (TPSA) is 130 Å². The molecule has 11 heteroatoms. The molecule has 0 amide bonds. The number of nitrogen functional groups attached to an aromatic ring is 1. The summed E-state index contributed by atoms with van der Waals surface area (Å²) >= 11 is 6.00. The molecule has 3 aromatic rings. The van der Waals surface area contributed by atoms with E-state index in [-0.39, 0.29) is 23.3 Å². The molecular formula is C14H15ClN6O4. The standard InChI is InChI=1S/C14H15ClN6O4/c1-23-7-4-17-6(9(24-2)10(7)25-3)5-21-12-8(18-14(21)22)11(15)19-13(16)20-12/h4H,5H2,1-3H3,(H,18,22)(H2,16,19,20). The van der Waals surface area contributed by atoms with E-state index in [0.717, 1.165) is 0 Å². The lowest BCUT2D eigenvalue weighted by Crippen LogP contribution is -2.19. The molecule has 0 aliphatic rings. The zero-order chi connectivity index (χ0) is 18.1. The second-order valence-electron chi connectivity index (χ2n) is 4.93. The van der Waals surface area contributed by atoms with E-state index in [2.05, 4.69) is 19.9 Å². The molecule has 3 heterocycles. The Balaban J connectivity index is 2.17. The number of nitrogens with two attached hydrogens (primary N) is 1. The Morgan fingerprint density at radius 1 is 1.20 bits per heavy atom. The molecule has 0 bridgehead atoms. The largest absolute Gasteiger partial charge is 0.491 e. The molecular weight excluding hydrogens is 352 g/mol. The third kappa shape index (κ3) is 2.80. The minimum Gasteiger partial charge on any atom is -0.491 e. The summed E-state index contributed by atoms with van der Waals surface area (Å²) in [6.45, 7) is 0.0507. The van der Waals surface area contributed by atoms with Crippen LogP contribution in [0.15, 0.2) is 11.0 Å². The normalized spacial score (nSPS) is 10.9. The second-order valence-corrected chi connectivity index (χ2v) is 5.29. The van der Waals surface area contributed by atoms with Gasteiger partial charge in [0.15, 0.2) is 22.3 Å². The van der Waals surface area contributed by atoms with Crippen LogP contribution in [0.4, 0.5) is 5.95 Å². The Morgan fingerprint density at radius 2 is 1.92 bits per heavy atom. The number of nitrogens with one attached hydrogen (secondary N) is 1. The number of anilines is 1. The van der Waals surface area contributed by atoms with Gasteiger partial charge in [-0.1, -0.05) is 11.6 Å². The average Bonchev–Trinajstić information content (AvgIpc) is 2.90. The Hall–Kier alpha value is -3.01. The van der Waals surface area contributed by atoms with Gasteiger partial charge >= 0.3 is 5.69 Å². The smallest absolute Gasteiger partial charge is 0.328 e. The van der Waals surface area contributed by atoms with E-state index in [1.165, 1.54) is 32.1 Å². The first-order chi connectivity index (χ1) is 12.0. The summed E-state index contributed by atoms with van der Waals surface area (Å²) in [7, 11) is 4.44. The molecule has 0 aromatic carbocycles. The van der Waals surface area contributed by atoms with Gasteiger partial charge in [0, 0.05) is 0 Å². The Kier molecular flexibility index (Phi) is 4.36. The fraction of sp³-hybridized carbons (Fsp3) is 0.286. The predicted molar refractivity (Wildman–Crippen MR) is 90.6 cm³/mol. The van der Waals surface area contributed by atoms with Crippen LogP contribution in [0.3, 0.4) is 0 Å². The van der Waals surface area contributed by atoms with Crippen LogP contribution in [-0.4, -0.2) is 45.8 Å². The number of methoxy groups -OCH3 is 3. The van der Waals surface area contributed by atoms with E-state index >= 15 is 0 Å². The molecule has 0 fully saturated rings. The Morgan fingerprint density at radius 3 is 2.56 bits per heavy atom. The SMILES string of the molecule is COc1cnc(Cn2c(=O)[nH]c3c(Cl)nc(N)nc32)c(OC)c1OC. The van der Waals surface area contributed by atoms with Crippen molar-refractivity contribution in [2.45, 2.75) is 6.54 Å². The van der Waals surface area contributed by atoms with E-state index in [1.807, 2.05) is 0 Å². The number of imidazole rings is 1. The van der Waals surface area contributed by atoms with E-state index < -0.39 is 5.69 Å². The van der Waals surface area contributed by atoms with Crippen LogP contribution in [-0.2, 0) is 6.54 Å². The molecule has 0 spiro atoms. The van der Waals surface area contributed by atoms with Crippen LogP contribution in [0.1, 0.15) is 5.69 Å². The molecule has 0 aliphatic heterocycles. The van der Waals surface area contributed by atoms with Crippen molar-refractivity contribution >= 4 is 28.7 Å². The van der Waals surface area contributed by atoms with Gasteiger partial charge < -0.3 is 24.9 Å². The number of H-pyrrole nitrogens is 1. The van der Waals surface area contributed by atoms with Crippen molar-refractivity contribution in [3.63, 3.8) is 0 Å². The van der Waals surface area contributed by atoms with E-state index in [4.69, 9.17) is 31.5 Å². The number of hydrogen-bond donors (Lipinski definition) is 2. The van der Waals surface area contributed by atoms with Gasteiger partial charge in [-0.05, 0) is 0 Å². The lowest BCUT2D eigenvalue weighted by atomic mass is 10.2. The van der Waals surface area contributed by atoms with Gasteiger partial charge in [-0.15, -0.1) is 0 Å². The maximum Gasteiger partial charge on any atom is 0.328 e. The van der Waals surface area contributed by atoms with Crippen molar-refractivity contribution in [2.24, 2.45) is 0 Å². The van der Waals surface area contributed by atoms with Gasteiger partial charge in [-0.3, -0.25) is 9.55 Å². The van der Waals surface area contributed by atoms with Gasteiger partial charge in [0.25, 0.3) is 0 Å². The average molecular weight is 367 g/mol. The maximum absolute atomic E-state index is 12.3. The molecule has 0 saturated carbocycles. The second kappa shape index (κ2) is 6.48. The van der Waals surface area contributed by atoms with Crippen molar-refractivity contribution in [3.05, 3.63) is 27.5 Å². The third-order valence-corrected chi connectivity index (χ3v) is 3.84. The molecule has 10 nitrogen and oxygen atoms in total. The fourth-order valence-electron chi connectivity index (χ4n) is 2.47. The van der Waals surface area contributed by atoms with Crippen molar-refractivity contribution in [1.82, 2.24) is 24.5 Å². The van der Waals surface area contributed by atoms with Crippen LogP contribution in [0.5, 0.6) is 17.2 Å². The van der Waals surface area contributed by atoms with Gasteiger partial charge in [-0.25, -0.2) is 4.79 Å². The number of aromatic amines is 1. The number of fused-ring (bicyclic) bond motifs is 1. The summed E-state index contributed by atoms with van der Waals surface area (Å²) in [6.07, 6.45) is 1.48. The molecule has 0 saturated heterocycles.